The van der Waals surface area contributed by atoms with Crippen LogP contribution in [0.1, 0.15) is 5.56 Å². The van der Waals surface area contributed by atoms with Gasteiger partial charge in [-0.1, -0.05) is 42.5 Å². The topological polar surface area (TPSA) is 61.9 Å². The molecule has 0 saturated carbocycles. The van der Waals surface area contributed by atoms with Gasteiger partial charge in [-0.3, -0.25) is 0 Å². The molecule has 3 nitrogen and oxygen atoms in total. The Morgan fingerprint density at radius 1 is 0.826 bits per heavy atom. The maximum Gasteiger partial charge on any atom is 0.0540 e. The predicted octanol–water partition coefficient (Wildman–Crippen LogP) is 4.66. The van der Waals surface area contributed by atoms with Gasteiger partial charge in [-0.05, 0) is 47.6 Å². The molecule has 2 aromatic rings. The second kappa shape index (κ2) is 7.47. The number of nitrogen functional groups attached to an aromatic ring is 1. The first kappa shape index (κ1) is 16.6. The Labute approximate surface area is 142 Å². The summed E-state index contributed by atoms with van der Waals surface area (Å²) in [5.74, 6) is 0. The number of nitrogens with one attached hydrogen (secondary N) is 2. The highest BCUT2D eigenvalue weighted by atomic mass is 35.5. The molecule has 0 aromatic heterocycles. The van der Waals surface area contributed by atoms with Gasteiger partial charge in [0.25, 0.3) is 0 Å². The second-order valence-electron chi connectivity index (χ2n) is 5.07. The summed E-state index contributed by atoms with van der Waals surface area (Å²) in [4.78, 5) is 0. The van der Waals surface area contributed by atoms with Crippen LogP contribution in [0.3, 0.4) is 0 Å². The summed E-state index contributed by atoms with van der Waals surface area (Å²) in [6.45, 7) is 0. The first-order chi connectivity index (χ1) is 10.7. The van der Waals surface area contributed by atoms with Crippen LogP contribution < -0.4 is 11.1 Å². The van der Waals surface area contributed by atoms with Gasteiger partial charge in [0, 0.05) is 11.4 Å². The van der Waals surface area contributed by atoms with Gasteiger partial charge in [0.05, 0.1) is 11.4 Å². The third-order valence-corrected chi connectivity index (χ3v) is 3.42. The quantitative estimate of drug-likeness (QED) is 0.719. The monoisotopic (exact) mass is 323 g/mol. The molecule has 0 amide bonds. The minimum absolute atomic E-state index is 0. The molecule has 0 saturated heterocycles. The molecule has 4 heteroatoms. The number of halogens is 1. The maximum absolute atomic E-state index is 7.64. The third-order valence-electron chi connectivity index (χ3n) is 3.42. The Hall–Kier alpha value is -2.78. The lowest BCUT2D eigenvalue weighted by atomic mass is 10.0. The highest BCUT2D eigenvalue weighted by molar-refractivity contribution is 6.04. The Bertz CT molecular complexity index is 754. The average molecular weight is 324 g/mol. The second-order valence-corrected chi connectivity index (χ2v) is 5.07. The van der Waals surface area contributed by atoms with Crippen molar-refractivity contribution in [2.45, 2.75) is 0 Å². The number of benzene rings is 2. The molecule has 23 heavy (non-hydrogen) atoms. The maximum atomic E-state index is 7.64. The first-order valence-corrected chi connectivity index (χ1v) is 7.09. The number of hydrogen-bond acceptors (Lipinski definition) is 3. The van der Waals surface area contributed by atoms with E-state index in [0.29, 0.717) is 5.71 Å². The zero-order chi connectivity index (χ0) is 15.4. The van der Waals surface area contributed by atoms with Crippen LogP contribution in [0.25, 0.3) is 5.70 Å². The van der Waals surface area contributed by atoms with Crippen LogP contribution in [-0.2, 0) is 0 Å². The number of allylic oxidation sites excluding steroid dienone is 5. The minimum atomic E-state index is 0. The molecule has 3 rings (SSSR count). The largest absolute Gasteiger partial charge is 0.399 e. The van der Waals surface area contributed by atoms with Gasteiger partial charge < -0.3 is 16.5 Å². The van der Waals surface area contributed by atoms with Gasteiger partial charge in [0.2, 0.25) is 0 Å². The predicted molar refractivity (Wildman–Crippen MR) is 101 cm³/mol. The Morgan fingerprint density at radius 2 is 1.43 bits per heavy atom. The molecular formula is C19H18ClN3. The SMILES string of the molecule is Cl.N=C1C=CC(=C(Nc2ccccc2)c2ccc(N)cc2)C=C1. The fourth-order valence-electron chi connectivity index (χ4n) is 2.26. The molecule has 0 unspecified atom stereocenters. The normalized spacial score (nSPS) is 12.7. The van der Waals surface area contributed by atoms with E-state index in [9.17, 15) is 0 Å². The molecule has 0 radical (unpaired) electrons. The number of anilines is 2. The van der Waals surface area contributed by atoms with Crippen molar-refractivity contribution in [1.29, 1.82) is 5.41 Å². The van der Waals surface area contributed by atoms with Crippen molar-refractivity contribution >= 4 is 35.2 Å². The van der Waals surface area contributed by atoms with E-state index in [2.05, 4.69) is 5.32 Å². The van der Waals surface area contributed by atoms with Crippen LogP contribution in [0.2, 0.25) is 0 Å². The van der Waals surface area contributed by atoms with Crippen LogP contribution >= 0.6 is 12.4 Å². The summed E-state index contributed by atoms with van der Waals surface area (Å²) in [5.41, 5.74) is 11.1. The van der Waals surface area contributed by atoms with E-state index in [1.165, 1.54) is 0 Å². The molecular weight excluding hydrogens is 306 g/mol. The molecule has 0 fully saturated rings. The molecule has 0 spiro atoms. The van der Waals surface area contributed by atoms with E-state index < -0.39 is 0 Å². The van der Waals surface area contributed by atoms with E-state index in [1.807, 2.05) is 66.7 Å². The molecule has 0 heterocycles. The van der Waals surface area contributed by atoms with E-state index in [0.717, 1.165) is 28.2 Å². The molecule has 0 aliphatic heterocycles. The smallest absolute Gasteiger partial charge is 0.0540 e. The van der Waals surface area contributed by atoms with Crippen molar-refractivity contribution in [2.24, 2.45) is 0 Å². The van der Waals surface area contributed by atoms with Gasteiger partial charge in [-0.25, -0.2) is 0 Å². The fourth-order valence-corrected chi connectivity index (χ4v) is 2.26. The molecule has 116 valence electrons. The van der Waals surface area contributed by atoms with E-state index in [4.69, 9.17) is 11.1 Å². The lowest BCUT2D eigenvalue weighted by Crippen LogP contribution is -2.04. The summed E-state index contributed by atoms with van der Waals surface area (Å²) >= 11 is 0. The van der Waals surface area contributed by atoms with E-state index >= 15 is 0 Å². The lowest BCUT2D eigenvalue weighted by Gasteiger charge is -2.16. The van der Waals surface area contributed by atoms with Gasteiger partial charge in [-0.15, -0.1) is 12.4 Å². The van der Waals surface area contributed by atoms with Crippen LogP contribution in [0.5, 0.6) is 0 Å². The minimum Gasteiger partial charge on any atom is -0.399 e. The lowest BCUT2D eigenvalue weighted by molar-refractivity contribution is 1.47. The zero-order valence-electron chi connectivity index (χ0n) is 12.5. The van der Waals surface area contributed by atoms with Crippen molar-refractivity contribution in [1.82, 2.24) is 0 Å². The van der Waals surface area contributed by atoms with Crippen LogP contribution in [0, 0.1) is 5.41 Å². The third kappa shape index (κ3) is 4.11. The first-order valence-electron chi connectivity index (χ1n) is 7.09. The van der Waals surface area contributed by atoms with Crippen molar-refractivity contribution in [2.75, 3.05) is 11.1 Å². The van der Waals surface area contributed by atoms with Gasteiger partial charge in [0.1, 0.15) is 0 Å². The molecule has 4 N–H and O–H groups in total. The fraction of sp³-hybridized carbons (Fsp3) is 0. The molecule has 0 bridgehead atoms. The van der Waals surface area contributed by atoms with Crippen molar-refractivity contribution < 1.29 is 0 Å². The standard InChI is InChI=1S/C19H17N3.ClH/c20-16-10-6-14(7-11-16)19(15-8-12-17(21)13-9-15)22-18-4-2-1-3-5-18;/h1-13,20,22H,21H2;1H. The molecule has 1 aliphatic rings. The van der Waals surface area contributed by atoms with E-state index in [-0.39, 0.29) is 12.4 Å². The van der Waals surface area contributed by atoms with Crippen molar-refractivity contribution in [3.8, 4) is 0 Å². The zero-order valence-corrected chi connectivity index (χ0v) is 13.3. The number of hydrogen-bond donors (Lipinski definition) is 3. The molecule has 1 aliphatic carbocycles. The average Bonchev–Trinajstić information content (AvgIpc) is 2.56. The van der Waals surface area contributed by atoms with Gasteiger partial charge >= 0.3 is 0 Å². The summed E-state index contributed by atoms with van der Waals surface area (Å²) in [6, 6.07) is 17.8. The molecule has 0 atom stereocenters. The highest BCUT2D eigenvalue weighted by Crippen LogP contribution is 2.25. The number of rotatable bonds is 3. The molecule has 2 aromatic carbocycles. The Kier molecular flexibility index (Phi) is 5.39. The Morgan fingerprint density at radius 3 is 2.04 bits per heavy atom. The number of nitrogens with two attached hydrogens (primary N) is 1. The highest BCUT2D eigenvalue weighted by Gasteiger charge is 2.08. The summed E-state index contributed by atoms with van der Waals surface area (Å²) < 4.78 is 0. The van der Waals surface area contributed by atoms with Crippen molar-refractivity contribution in [3.63, 3.8) is 0 Å². The number of para-hydroxylation sites is 1. The van der Waals surface area contributed by atoms with Gasteiger partial charge in [-0.2, -0.15) is 0 Å². The van der Waals surface area contributed by atoms with E-state index in [1.54, 1.807) is 12.2 Å². The van der Waals surface area contributed by atoms with Gasteiger partial charge in [0.15, 0.2) is 0 Å². The van der Waals surface area contributed by atoms with Crippen molar-refractivity contribution in [3.05, 3.63) is 90.0 Å². The summed E-state index contributed by atoms with van der Waals surface area (Å²) in [6.07, 6.45) is 7.48. The van der Waals surface area contributed by atoms with Crippen LogP contribution in [-0.4, -0.2) is 5.71 Å². The summed E-state index contributed by atoms with van der Waals surface area (Å²) in [7, 11) is 0. The summed E-state index contributed by atoms with van der Waals surface area (Å²) in [5, 5.41) is 11.1. The van der Waals surface area contributed by atoms with Crippen LogP contribution in [0.4, 0.5) is 11.4 Å². The van der Waals surface area contributed by atoms with Crippen LogP contribution in [0.15, 0.2) is 84.5 Å². The Balaban J connectivity index is 0.00000192.